The quantitative estimate of drug-likeness (QED) is 0.752. The molecule has 2 aliphatic carbocycles. The minimum Gasteiger partial charge on any atom is -0.354 e. The van der Waals surface area contributed by atoms with E-state index in [1.54, 1.807) is 23.1 Å². The Balaban J connectivity index is 1.58. The van der Waals surface area contributed by atoms with E-state index >= 15 is 0 Å². The fourth-order valence-corrected chi connectivity index (χ4v) is 4.08. The standard InChI is InChI=1S/C14H22N4OS2/c1-20-13-18-17-11(21-13)9-16-14(6-2-3-7-14)12(19)15-8-10-4-5-10/h10,16H,2-9H2,1H3,(H,15,19). The first-order valence-electron chi connectivity index (χ1n) is 7.61. The zero-order valence-electron chi connectivity index (χ0n) is 12.4. The van der Waals surface area contributed by atoms with Crippen LogP contribution in [-0.4, -0.2) is 34.4 Å². The van der Waals surface area contributed by atoms with Crippen LogP contribution in [0, 0.1) is 5.92 Å². The summed E-state index contributed by atoms with van der Waals surface area (Å²) >= 11 is 3.21. The van der Waals surface area contributed by atoms with E-state index in [9.17, 15) is 4.79 Å². The second-order valence-electron chi connectivity index (χ2n) is 5.96. The molecule has 0 aromatic carbocycles. The number of carbonyl (C=O) groups is 1. The molecule has 116 valence electrons. The number of carbonyl (C=O) groups excluding carboxylic acids is 1. The van der Waals surface area contributed by atoms with E-state index in [2.05, 4.69) is 20.8 Å². The average molecular weight is 326 g/mol. The molecule has 5 nitrogen and oxygen atoms in total. The first-order chi connectivity index (χ1) is 10.2. The Morgan fingerprint density at radius 1 is 1.38 bits per heavy atom. The largest absolute Gasteiger partial charge is 0.354 e. The molecule has 2 aliphatic rings. The van der Waals surface area contributed by atoms with Gasteiger partial charge in [0.25, 0.3) is 0 Å². The number of hydrogen-bond donors (Lipinski definition) is 2. The number of nitrogens with zero attached hydrogens (tertiary/aromatic N) is 2. The van der Waals surface area contributed by atoms with E-state index in [1.807, 2.05) is 6.26 Å². The third-order valence-corrected chi connectivity index (χ3v) is 6.24. The lowest BCUT2D eigenvalue weighted by Gasteiger charge is -2.28. The molecule has 2 N–H and O–H groups in total. The van der Waals surface area contributed by atoms with Gasteiger partial charge < -0.3 is 5.32 Å². The van der Waals surface area contributed by atoms with Gasteiger partial charge in [0.1, 0.15) is 5.01 Å². The van der Waals surface area contributed by atoms with Crippen LogP contribution in [0.5, 0.6) is 0 Å². The summed E-state index contributed by atoms with van der Waals surface area (Å²) in [7, 11) is 0. The van der Waals surface area contributed by atoms with Gasteiger partial charge in [-0.2, -0.15) is 0 Å². The number of amides is 1. The number of aromatic nitrogens is 2. The summed E-state index contributed by atoms with van der Waals surface area (Å²) in [4.78, 5) is 12.6. The van der Waals surface area contributed by atoms with Gasteiger partial charge in [-0.3, -0.25) is 10.1 Å². The molecule has 1 aromatic rings. The maximum atomic E-state index is 12.6. The molecule has 0 spiro atoms. The minimum atomic E-state index is -0.389. The Morgan fingerprint density at radius 3 is 2.76 bits per heavy atom. The Hall–Kier alpha value is -0.660. The molecular formula is C14H22N4OS2. The lowest BCUT2D eigenvalue weighted by molar-refractivity contribution is -0.127. The molecule has 0 atom stereocenters. The monoisotopic (exact) mass is 326 g/mol. The molecule has 1 amide bonds. The normalized spacial score (nSPS) is 20.6. The van der Waals surface area contributed by atoms with E-state index in [1.165, 1.54) is 12.8 Å². The van der Waals surface area contributed by atoms with Gasteiger partial charge in [-0.15, -0.1) is 10.2 Å². The van der Waals surface area contributed by atoms with Crippen molar-refractivity contribution in [1.29, 1.82) is 0 Å². The molecule has 0 radical (unpaired) electrons. The van der Waals surface area contributed by atoms with Crippen molar-refractivity contribution in [2.24, 2.45) is 5.92 Å². The summed E-state index contributed by atoms with van der Waals surface area (Å²) < 4.78 is 0.977. The number of thioether (sulfide) groups is 1. The molecular weight excluding hydrogens is 304 g/mol. The fraction of sp³-hybridized carbons (Fsp3) is 0.786. The third kappa shape index (κ3) is 3.76. The van der Waals surface area contributed by atoms with Crippen molar-refractivity contribution in [2.75, 3.05) is 12.8 Å². The van der Waals surface area contributed by atoms with Crippen molar-refractivity contribution in [3.63, 3.8) is 0 Å². The molecule has 3 rings (SSSR count). The molecule has 2 saturated carbocycles. The highest BCUT2D eigenvalue weighted by Crippen LogP contribution is 2.32. The van der Waals surface area contributed by atoms with Crippen molar-refractivity contribution in [3.8, 4) is 0 Å². The molecule has 0 unspecified atom stereocenters. The molecule has 21 heavy (non-hydrogen) atoms. The number of nitrogens with one attached hydrogen (secondary N) is 2. The van der Waals surface area contributed by atoms with Crippen LogP contribution >= 0.6 is 23.1 Å². The molecule has 0 aliphatic heterocycles. The Labute approximate surface area is 133 Å². The van der Waals surface area contributed by atoms with Crippen LogP contribution in [0.1, 0.15) is 43.5 Å². The van der Waals surface area contributed by atoms with Crippen molar-refractivity contribution in [1.82, 2.24) is 20.8 Å². The Morgan fingerprint density at radius 2 is 2.14 bits per heavy atom. The van der Waals surface area contributed by atoms with Gasteiger partial charge in [-0.1, -0.05) is 35.9 Å². The lowest BCUT2D eigenvalue weighted by Crippen LogP contribution is -2.55. The minimum absolute atomic E-state index is 0.182. The fourth-order valence-electron chi connectivity index (χ4n) is 2.83. The van der Waals surface area contributed by atoms with Gasteiger partial charge in [0.2, 0.25) is 5.91 Å². The number of hydrogen-bond acceptors (Lipinski definition) is 6. The van der Waals surface area contributed by atoms with Crippen LogP contribution in [0.25, 0.3) is 0 Å². The highest BCUT2D eigenvalue weighted by molar-refractivity contribution is 8.00. The van der Waals surface area contributed by atoms with Crippen molar-refractivity contribution in [2.45, 2.75) is 54.9 Å². The number of rotatable bonds is 7. The van der Waals surface area contributed by atoms with Crippen molar-refractivity contribution < 1.29 is 4.79 Å². The van der Waals surface area contributed by atoms with Crippen LogP contribution in [0.15, 0.2) is 4.34 Å². The second kappa shape index (κ2) is 6.62. The molecule has 0 saturated heterocycles. The maximum Gasteiger partial charge on any atom is 0.240 e. The van der Waals surface area contributed by atoms with Crippen molar-refractivity contribution in [3.05, 3.63) is 5.01 Å². The predicted octanol–water partition coefficient (Wildman–Crippen LogP) is 2.19. The molecule has 1 heterocycles. The summed E-state index contributed by atoms with van der Waals surface area (Å²) in [5, 5.41) is 15.9. The van der Waals surface area contributed by atoms with Gasteiger partial charge in [-0.05, 0) is 37.9 Å². The average Bonchev–Trinajstić information content (AvgIpc) is 3.02. The van der Waals surface area contributed by atoms with Crippen molar-refractivity contribution >= 4 is 29.0 Å². The Kier molecular flexibility index (Phi) is 4.81. The van der Waals surface area contributed by atoms with Gasteiger partial charge in [-0.25, -0.2) is 0 Å². The zero-order chi connectivity index (χ0) is 14.7. The lowest BCUT2D eigenvalue weighted by atomic mass is 9.96. The Bertz CT molecular complexity index is 495. The van der Waals surface area contributed by atoms with E-state index in [4.69, 9.17) is 0 Å². The summed E-state index contributed by atoms with van der Waals surface area (Å²) in [5.41, 5.74) is -0.389. The summed E-state index contributed by atoms with van der Waals surface area (Å²) in [5.74, 6) is 0.904. The van der Waals surface area contributed by atoms with E-state index < -0.39 is 0 Å². The summed E-state index contributed by atoms with van der Waals surface area (Å²) in [6, 6.07) is 0. The maximum absolute atomic E-state index is 12.6. The second-order valence-corrected chi connectivity index (χ2v) is 8.08. The van der Waals surface area contributed by atoms with Crippen LogP contribution < -0.4 is 10.6 Å². The van der Waals surface area contributed by atoms with E-state index in [0.717, 1.165) is 47.5 Å². The van der Waals surface area contributed by atoms with Crippen LogP contribution in [0.4, 0.5) is 0 Å². The summed E-state index contributed by atoms with van der Waals surface area (Å²) in [6.45, 7) is 1.48. The third-order valence-electron chi connectivity index (χ3n) is 4.34. The topological polar surface area (TPSA) is 66.9 Å². The molecule has 0 bridgehead atoms. The van der Waals surface area contributed by atoms with Gasteiger partial charge >= 0.3 is 0 Å². The highest BCUT2D eigenvalue weighted by atomic mass is 32.2. The molecule has 7 heteroatoms. The highest BCUT2D eigenvalue weighted by Gasteiger charge is 2.41. The smallest absolute Gasteiger partial charge is 0.240 e. The van der Waals surface area contributed by atoms with E-state index in [0.29, 0.717) is 6.54 Å². The summed E-state index contributed by atoms with van der Waals surface area (Å²) in [6.07, 6.45) is 8.63. The SMILES string of the molecule is CSc1nnc(CNC2(C(=O)NCC3CC3)CCCC2)s1. The van der Waals surface area contributed by atoms with E-state index in [-0.39, 0.29) is 11.4 Å². The predicted molar refractivity (Wildman–Crippen MR) is 85.5 cm³/mol. The molecule has 1 aromatic heterocycles. The molecule has 2 fully saturated rings. The van der Waals surface area contributed by atoms with Gasteiger partial charge in [0.05, 0.1) is 12.1 Å². The van der Waals surface area contributed by atoms with Gasteiger partial charge in [0.15, 0.2) is 4.34 Å². The van der Waals surface area contributed by atoms with Crippen LogP contribution in [0.3, 0.4) is 0 Å². The van der Waals surface area contributed by atoms with Crippen LogP contribution in [0.2, 0.25) is 0 Å². The first-order valence-corrected chi connectivity index (χ1v) is 9.66. The first kappa shape index (κ1) is 15.2. The van der Waals surface area contributed by atoms with Gasteiger partial charge in [0, 0.05) is 6.54 Å². The van der Waals surface area contributed by atoms with Crippen LogP contribution in [-0.2, 0) is 11.3 Å². The zero-order valence-corrected chi connectivity index (χ0v) is 14.0.